The fourth-order valence-electron chi connectivity index (χ4n) is 2.06. The second-order valence-electron chi connectivity index (χ2n) is 4.99. The molecule has 2 atom stereocenters. The quantitative estimate of drug-likeness (QED) is 0.514. The van der Waals surface area contributed by atoms with E-state index in [0.717, 1.165) is 12.0 Å². The van der Waals surface area contributed by atoms with Crippen molar-refractivity contribution in [2.45, 2.75) is 32.5 Å². The zero-order valence-electron chi connectivity index (χ0n) is 12.0. The summed E-state index contributed by atoms with van der Waals surface area (Å²) in [6.07, 6.45) is 8.48. The zero-order chi connectivity index (χ0) is 14.5. The third-order valence-corrected chi connectivity index (χ3v) is 3.17. The summed E-state index contributed by atoms with van der Waals surface area (Å²) in [5.74, 6) is -0.226. The second kappa shape index (κ2) is 6.43. The number of nitrogens with one attached hydrogen (secondary N) is 1. The summed E-state index contributed by atoms with van der Waals surface area (Å²) in [7, 11) is 1.87. The highest BCUT2D eigenvalue weighted by Gasteiger charge is 2.16. The highest BCUT2D eigenvalue weighted by atomic mass is 16.5. The minimum absolute atomic E-state index is 0.00827. The molecule has 5 nitrogen and oxygen atoms in total. The molecule has 2 rings (SSSR count). The molecular formula is C15H20N3O2+. The number of hydrazone groups is 1. The first-order valence-corrected chi connectivity index (χ1v) is 6.70. The van der Waals surface area contributed by atoms with E-state index in [2.05, 4.69) is 16.6 Å². The Hall–Kier alpha value is -2.01. The van der Waals surface area contributed by atoms with Crippen LogP contribution >= 0.6 is 0 Å². The number of aryl methyl sites for hydroxylation is 1. The molecule has 0 fully saturated rings. The first kappa shape index (κ1) is 14.4. The number of carbonyl (C=O) groups is 1. The lowest BCUT2D eigenvalue weighted by molar-refractivity contribution is -0.671. The molecule has 5 heteroatoms. The first-order chi connectivity index (χ1) is 9.56. The SMILES string of the molecule is CC1CC=C(/C=N/NC(=O)c2ccc[n+](C)c2)C(C)O1. The Bertz CT molecular complexity index is 552. The monoisotopic (exact) mass is 274 g/mol. The van der Waals surface area contributed by atoms with Crippen LogP contribution in [0.3, 0.4) is 0 Å². The van der Waals surface area contributed by atoms with E-state index in [1.54, 1.807) is 18.5 Å². The average molecular weight is 274 g/mol. The van der Waals surface area contributed by atoms with E-state index in [1.807, 2.05) is 37.7 Å². The predicted octanol–water partition coefficient (Wildman–Crippen LogP) is 1.35. The van der Waals surface area contributed by atoms with Gasteiger partial charge in [0.1, 0.15) is 12.6 Å². The molecule has 0 saturated heterocycles. The first-order valence-electron chi connectivity index (χ1n) is 6.70. The minimum Gasteiger partial charge on any atom is -0.371 e. The number of carbonyl (C=O) groups excluding carboxylic acids is 1. The van der Waals surface area contributed by atoms with E-state index in [4.69, 9.17) is 4.74 Å². The van der Waals surface area contributed by atoms with Gasteiger partial charge in [0.05, 0.1) is 18.4 Å². The maximum Gasteiger partial charge on any atom is 0.277 e. The van der Waals surface area contributed by atoms with Gasteiger partial charge in [0.2, 0.25) is 0 Å². The van der Waals surface area contributed by atoms with Crippen molar-refractivity contribution in [3.63, 3.8) is 0 Å². The summed E-state index contributed by atoms with van der Waals surface area (Å²) in [6.45, 7) is 4.02. The van der Waals surface area contributed by atoms with Crippen LogP contribution in [-0.2, 0) is 11.8 Å². The molecule has 1 N–H and O–H groups in total. The third kappa shape index (κ3) is 3.74. The normalized spacial score (nSPS) is 22.6. The van der Waals surface area contributed by atoms with Crippen molar-refractivity contribution in [1.82, 2.24) is 5.43 Å². The smallest absolute Gasteiger partial charge is 0.277 e. The molecule has 2 heterocycles. The molecule has 20 heavy (non-hydrogen) atoms. The van der Waals surface area contributed by atoms with E-state index in [9.17, 15) is 4.79 Å². The largest absolute Gasteiger partial charge is 0.371 e. The van der Waals surface area contributed by atoms with Gasteiger partial charge < -0.3 is 4.74 Å². The van der Waals surface area contributed by atoms with Gasteiger partial charge in [0, 0.05) is 6.07 Å². The molecule has 1 aliphatic rings. The molecule has 1 aliphatic heterocycles. The number of rotatable bonds is 3. The Morgan fingerprint density at radius 3 is 3.05 bits per heavy atom. The van der Waals surface area contributed by atoms with Crippen molar-refractivity contribution in [3.8, 4) is 0 Å². The molecule has 1 amide bonds. The highest BCUT2D eigenvalue weighted by Crippen LogP contribution is 2.17. The molecule has 0 aliphatic carbocycles. The topological polar surface area (TPSA) is 54.6 Å². The van der Waals surface area contributed by atoms with Crippen molar-refractivity contribution in [3.05, 3.63) is 41.7 Å². The Labute approximate surface area is 119 Å². The maximum atomic E-state index is 11.9. The Balaban J connectivity index is 1.95. The van der Waals surface area contributed by atoms with Crippen LogP contribution in [0.1, 0.15) is 30.6 Å². The van der Waals surface area contributed by atoms with Crippen LogP contribution in [0.2, 0.25) is 0 Å². The summed E-state index contributed by atoms with van der Waals surface area (Å²) in [5, 5.41) is 3.99. The predicted molar refractivity (Wildman–Crippen MR) is 76.3 cm³/mol. The highest BCUT2D eigenvalue weighted by molar-refractivity contribution is 5.94. The van der Waals surface area contributed by atoms with Gasteiger partial charge in [-0.1, -0.05) is 6.08 Å². The van der Waals surface area contributed by atoms with Crippen LogP contribution in [0, 0.1) is 0 Å². The number of hydrogen-bond donors (Lipinski definition) is 1. The molecular weight excluding hydrogens is 254 g/mol. The van der Waals surface area contributed by atoms with Crippen molar-refractivity contribution in [2.75, 3.05) is 0 Å². The number of pyridine rings is 1. The van der Waals surface area contributed by atoms with Gasteiger partial charge >= 0.3 is 0 Å². The minimum atomic E-state index is -0.226. The molecule has 0 spiro atoms. The van der Waals surface area contributed by atoms with E-state index < -0.39 is 0 Å². The van der Waals surface area contributed by atoms with E-state index in [1.165, 1.54) is 0 Å². The summed E-state index contributed by atoms with van der Waals surface area (Å²) in [4.78, 5) is 11.9. The van der Waals surface area contributed by atoms with E-state index in [0.29, 0.717) is 5.56 Å². The van der Waals surface area contributed by atoms with Crippen molar-refractivity contribution in [2.24, 2.45) is 12.1 Å². The second-order valence-corrected chi connectivity index (χ2v) is 4.99. The Morgan fingerprint density at radius 2 is 2.35 bits per heavy atom. The molecule has 1 aromatic rings. The van der Waals surface area contributed by atoms with E-state index >= 15 is 0 Å². The maximum absolute atomic E-state index is 11.9. The van der Waals surface area contributed by atoms with Crippen LogP contribution in [0.4, 0.5) is 0 Å². The van der Waals surface area contributed by atoms with Gasteiger partial charge in [-0.3, -0.25) is 4.79 Å². The van der Waals surface area contributed by atoms with Gasteiger partial charge in [-0.25, -0.2) is 9.99 Å². The summed E-state index contributed by atoms with van der Waals surface area (Å²) in [5.41, 5.74) is 4.09. The van der Waals surface area contributed by atoms with Gasteiger partial charge in [-0.05, 0) is 31.9 Å². The molecule has 2 unspecified atom stereocenters. The van der Waals surface area contributed by atoms with Gasteiger partial charge in [0.15, 0.2) is 12.4 Å². The third-order valence-electron chi connectivity index (χ3n) is 3.17. The van der Waals surface area contributed by atoms with Crippen LogP contribution in [0.15, 0.2) is 41.3 Å². The number of nitrogens with zero attached hydrogens (tertiary/aromatic N) is 2. The van der Waals surface area contributed by atoms with E-state index in [-0.39, 0.29) is 18.1 Å². The lowest BCUT2D eigenvalue weighted by Gasteiger charge is -2.23. The molecule has 106 valence electrons. The molecule has 1 aromatic heterocycles. The van der Waals surface area contributed by atoms with Crippen LogP contribution < -0.4 is 9.99 Å². The molecule has 0 aromatic carbocycles. The van der Waals surface area contributed by atoms with Crippen molar-refractivity contribution >= 4 is 12.1 Å². The number of amides is 1. The standard InChI is InChI=1S/C15H19N3O2/c1-11-6-7-13(12(2)20-11)9-16-17-15(19)14-5-4-8-18(3)10-14/h4-5,7-12H,6H2,1-3H3/p+1/b16-9+. The fourth-order valence-corrected chi connectivity index (χ4v) is 2.06. The van der Waals surface area contributed by atoms with Gasteiger partial charge in [-0.2, -0.15) is 5.10 Å². The van der Waals surface area contributed by atoms with Gasteiger partial charge in [-0.15, -0.1) is 0 Å². The Morgan fingerprint density at radius 1 is 1.55 bits per heavy atom. The van der Waals surface area contributed by atoms with Gasteiger partial charge in [0.25, 0.3) is 5.91 Å². The lowest BCUT2D eigenvalue weighted by Crippen LogP contribution is -2.30. The number of aromatic nitrogens is 1. The van der Waals surface area contributed by atoms with Crippen molar-refractivity contribution in [1.29, 1.82) is 0 Å². The fraction of sp³-hybridized carbons (Fsp3) is 0.400. The lowest BCUT2D eigenvalue weighted by atomic mass is 10.1. The molecule has 0 radical (unpaired) electrons. The number of ether oxygens (including phenoxy) is 1. The summed E-state index contributed by atoms with van der Waals surface area (Å²) < 4.78 is 7.50. The van der Waals surface area contributed by atoms with Crippen LogP contribution in [0.5, 0.6) is 0 Å². The average Bonchev–Trinajstić information content (AvgIpc) is 2.41. The molecule has 0 saturated carbocycles. The zero-order valence-corrected chi connectivity index (χ0v) is 12.0. The summed E-state index contributed by atoms with van der Waals surface area (Å²) in [6, 6.07) is 3.57. The van der Waals surface area contributed by atoms with Crippen molar-refractivity contribution < 1.29 is 14.1 Å². The number of hydrogen-bond acceptors (Lipinski definition) is 3. The van der Waals surface area contributed by atoms with Crippen LogP contribution in [-0.4, -0.2) is 24.3 Å². The van der Waals surface area contributed by atoms with Crippen LogP contribution in [0.25, 0.3) is 0 Å². The molecule has 0 bridgehead atoms. The summed E-state index contributed by atoms with van der Waals surface area (Å²) >= 11 is 0. The Kier molecular flexibility index (Phi) is 4.63.